The number of nitrogens with two attached hydrogens (primary N) is 1. The molecule has 1 saturated heterocycles. The van der Waals surface area contributed by atoms with E-state index < -0.39 is 0 Å². The zero-order valence-corrected chi connectivity index (χ0v) is 12.9. The molecular formula is C17H30N2O+2. The fourth-order valence-corrected chi connectivity index (χ4v) is 2.86. The molecule has 0 radical (unpaired) electrons. The number of hydrogen-bond acceptors (Lipinski definition) is 1. The zero-order chi connectivity index (χ0) is 14.0. The maximum atomic E-state index is 5.82. The van der Waals surface area contributed by atoms with Gasteiger partial charge in [0, 0.05) is 0 Å². The maximum Gasteiger partial charge on any atom is 0.127 e. The summed E-state index contributed by atoms with van der Waals surface area (Å²) in [6.07, 6.45) is 5.20. The lowest BCUT2D eigenvalue weighted by Gasteiger charge is -2.21. The summed E-state index contributed by atoms with van der Waals surface area (Å²) < 4.78 is 5.82. The van der Waals surface area contributed by atoms with Gasteiger partial charge in [0.05, 0.1) is 13.2 Å². The summed E-state index contributed by atoms with van der Waals surface area (Å²) in [6.45, 7) is 9.68. The molecule has 1 aliphatic heterocycles. The van der Waals surface area contributed by atoms with Gasteiger partial charge in [-0.3, -0.25) is 0 Å². The Morgan fingerprint density at radius 2 is 1.80 bits per heavy atom. The summed E-state index contributed by atoms with van der Waals surface area (Å²) in [7, 11) is 0. The van der Waals surface area contributed by atoms with E-state index in [1.807, 2.05) is 11.0 Å². The van der Waals surface area contributed by atoms with Crippen LogP contribution in [0.1, 0.15) is 31.2 Å². The number of nitrogens with one attached hydrogen (secondary N) is 1. The SMILES string of the molecule is Cc1ccccc1OCCCCCC[NH+]1CC[NH2+]CC1. The van der Waals surface area contributed by atoms with Gasteiger partial charge in [-0.05, 0) is 44.2 Å². The fraction of sp³-hybridized carbons (Fsp3) is 0.647. The van der Waals surface area contributed by atoms with E-state index in [1.165, 1.54) is 64.0 Å². The average Bonchev–Trinajstić information content (AvgIpc) is 2.49. The van der Waals surface area contributed by atoms with Crippen molar-refractivity contribution in [3.8, 4) is 5.75 Å². The van der Waals surface area contributed by atoms with Gasteiger partial charge in [0.25, 0.3) is 0 Å². The highest BCUT2D eigenvalue weighted by molar-refractivity contribution is 5.31. The maximum absolute atomic E-state index is 5.82. The van der Waals surface area contributed by atoms with Crippen LogP contribution in [-0.4, -0.2) is 39.3 Å². The van der Waals surface area contributed by atoms with E-state index in [-0.39, 0.29) is 0 Å². The van der Waals surface area contributed by atoms with E-state index in [0.717, 1.165) is 12.4 Å². The standard InChI is InChI=1S/C17H28N2O/c1-16-8-4-5-9-17(16)20-15-7-3-2-6-12-19-13-10-18-11-14-19/h4-5,8-9,18H,2-3,6-7,10-15H2,1H3/p+2. The fourth-order valence-electron chi connectivity index (χ4n) is 2.86. The number of benzene rings is 1. The summed E-state index contributed by atoms with van der Waals surface area (Å²) in [5, 5.41) is 2.44. The van der Waals surface area contributed by atoms with Crippen LogP contribution in [0.2, 0.25) is 0 Å². The van der Waals surface area contributed by atoms with Crippen molar-refractivity contribution in [2.45, 2.75) is 32.6 Å². The molecule has 0 unspecified atom stereocenters. The Hall–Kier alpha value is -1.06. The Morgan fingerprint density at radius 3 is 2.60 bits per heavy atom. The number of quaternary nitrogens is 2. The van der Waals surface area contributed by atoms with Crippen LogP contribution in [0.3, 0.4) is 0 Å². The first-order valence-corrected chi connectivity index (χ1v) is 8.20. The molecule has 3 nitrogen and oxygen atoms in total. The van der Waals surface area contributed by atoms with Gasteiger partial charge in [-0.25, -0.2) is 0 Å². The van der Waals surface area contributed by atoms with Crippen molar-refractivity contribution >= 4 is 0 Å². The molecule has 0 saturated carbocycles. The van der Waals surface area contributed by atoms with Crippen molar-refractivity contribution < 1.29 is 15.0 Å². The van der Waals surface area contributed by atoms with Crippen LogP contribution in [0.5, 0.6) is 5.75 Å². The highest BCUT2D eigenvalue weighted by atomic mass is 16.5. The number of aryl methyl sites for hydroxylation is 1. The third-order valence-corrected chi connectivity index (χ3v) is 4.18. The summed E-state index contributed by atoms with van der Waals surface area (Å²) in [6, 6.07) is 8.27. The van der Waals surface area contributed by atoms with Gasteiger partial charge < -0.3 is 15.0 Å². The van der Waals surface area contributed by atoms with Crippen LogP contribution in [-0.2, 0) is 0 Å². The third kappa shape index (κ3) is 5.51. The minimum absolute atomic E-state index is 0.858. The largest absolute Gasteiger partial charge is 0.493 e. The quantitative estimate of drug-likeness (QED) is 0.662. The molecular weight excluding hydrogens is 248 g/mol. The van der Waals surface area contributed by atoms with E-state index in [9.17, 15) is 0 Å². The van der Waals surface area contributed by atoms with Crippen LogP contribution in [0, 0.1) is 6.92 Å². The van der Waals surface area contributed by atoms with Gasteiger partial charge >= 0.3 is 0 Å². The second-order valence-corrected chi connectivity index (χ2v) is 5.89. The molecule has 1 aliphatic rings. The van der Waals surface area contributed by atoms with E-state index in [4.69, 9.17) is 4.74 Å². The minimum atomic E-state index is 0.858. The first kappa shape index (κ1) is 15.3. The number of piperazine rings is 1. The number of ether oxygens (including phenoxy) is 1. The molecule has 1 heterocycles. The highest BCUT2D eigenvalue weighted by Gasteiger charge is 2.14. The lowest BCUT2D eigenvalue weighted by Crippen LogP contribution is -3.20. The lowest BCUT2D eigenvalue weighted by atomic mass is 10.2. The van der Waals surface area contributed by atoms with Gasteiger partial charge in [0.2, 0.25) is 0 Å². The van der Waals surface area contributed by atoms with Gasteiger partial charge in [0.15, 0.2) is 0 Å². The third-order valence-electron chi connectivity index (χ3n) is 4.18. The molecule has 0 aromatic heterocycles. The molecule has 112 valence electrons. The Balaban J connectivity index is 1.46. The van der Waals surface area contributed by atoms with Crippen molar-refractivity contribution in [1.82, 2.24) is 0 Å². The molecule has 0 aliphatic carbocycles. The van der Waals surface area contributed by atoms with Crippen LogP contribution in [0.4, 0.5) is 0 Å². The molecule has 0 spiro atoms. The van der Waals surface area contributed by atoms with E-state index >= 15 is 0 Å². The van der Waals surface area contributed by atoms with Gasteiger partial charge in [-0.15, -0.1) is 0 Å². The molecule has 1 aromatic rings. The van der Waals surface area contributed by atoms with E-state index in [0.29, 0.717) is 0 Å². The Labute approximate surface area is 123 Å². The smallest absolute Gasteiger partial charge is 0.127 e. The molecule has 2 rings (SSSR count). The molecule has 3 heteroatoms. The van der Waals surface area contributed by atoms with Crippen LogP contribution in [0.25, 0.3) is 0 Å². The van der Waals surface area contributed by atoms with Crippen molar-refractivity contribution in [3.05, 3.63) is 29.8 Å². The van der Waals surface area contributed by atoms with Gasteiger partial charge in [0.1, 0.15) is 31.9 Å². The van der Waals surface area contributed by atoms with Crippen molar-refractivity contribution in [3.63, 3.8) is 0 Å². The summed E-state index contributed by atoms with van der Waals surface area (Å²) in [5.74, 6) is 1.04. The van der Waals surface area contributed by atoms with Gasteiger partial charge in [-0.2, -0.15) is 0 Å². The lowest BCUT2D eigenvalue weighted by molar-refractivity contribution is -0.946. The molecule has 3 N–H and O–H groups in total. The Kier molecular flexibility index (Phi) is 6.89. The van der Waals surface area contributed by atoms with Crippen molar-refractivity contribution in [2.24, 2.45) is 0 Å². The van der Waals surface area contributed by atoms with Crippen LogP contribution < -0.4 is 15.0 Å². The predicted molar refractivity (Wildman–Crippen MR) is 82.4 cm³/mol. The summed E-state index contributed by atoms with van der Waals surface area (Å²) in [5.41, 5.74) is 1.23. The Morgan fingerprint density at radius 1 is 1.05 bits per heavy atom. The number of unbranched alkanes of at least 4 members (excludes halogenated alkanes) is 3. The highest BCUT2D eigenvalue weighted by Crippen LogP contribution is 2.16. The summed E-state index contributed by atoms with van der Waals surface area (Å²) >= 11 is 0. The van der Waals surface area contributed by atoms with Crippen LogP contribution >= 0.6 is 0 Å². The van der Waals surface area contributed by atoms with Crippen LogP contribution in [0.15, 0.2) is 24.3 Å². The second-order valence-electron chi connectivity index (χ2n) is 5.89. The minimum Gasteiger partial charge on any atom is -0.493 e. The average molecular weight is 278 g/mol. The topological polar surface area (TPSA) is 30.3 Å². The monoisotopic (exact) mass is 278 g/mol. The molecule has 0 amide bonds. The molecule has 1 aromatic carbocycles. The first-order chi connectivity index (χ1) is 9.86. The first-order valence-electron chi connectivity index (χ1n) is 8.20. The number of rotatable bonds is 8. The predicted octanol–water partition coefficient (Wildman–Crippen LogP) is 0.396. The Bertz CT molecular complexity index is 375. The normalized spacial score (nSPS) is 16.2. The molecule has 0 bridgehead atoms. The van der Waals surface area contributed by atoms with Crippen molar-refractivity contribution in [1.29, 1.82) is 0 Å². The second kappa shape index (κ2) is 8.98. The molecule has 0 atom stereocenters. The molecule has 1 fully saturated rings. The number of hydrogen-bond donors (Lipinski definition) is 2. The molecule has 20 heavy (non-hydrogen) atoms. The number of para-hydroxylation sites is 1. The van der Waals surface area contributed by atoms with E-state index in [1.54, 1.807) is 0 Å². The van der Waals surface area contributed by atoms with Gasteiger partial charge in [-0.1, -0.05) is 18.2 Å². The van der Waals surface area contributed by atoms with E-state index in [2.05, 4.69) is 30.4 Å². The summed E-state index contributed by atoms with van der Waals surface area (Å²) in [4.78, 5) is 1.81. The zero-order valence-electron chi connectivity index (χ0n) is 12.9. The van der Waals surface area contributed by atoms with Crippen molar-refractivity contribution in [2.75, 3.05) is 39.3 Å².